The van der Waals surface area contributed by atoms with Crippen LogP contribution in [0.25, 0.3) is 11.3 Å². The number of nitrogens with zero attached hydrogens (tertiary/aromatic N) is 3. The van der Waals surface area contributed by atoms with Gasteiger partial charge in [-0.3, -0.25) is 4.68 Å². The monoisotopic (exact) mass is 282 g/mol. The second-order valence-electron chi connectivity index (χ2n) is 6.15. The Bertz CT molecular complexity index is 689. The Balaban J connectivity index is 2.47. The number of rotatable bonds is 4. The van der Waals surface area contributed by atoms with Crippen molar-refractivity contribution in [1.29, 1.82) is 5.26 Å². The summed E-state index contributed by atoms with van der Waals surface area (Å²) < 4.78 is 1.85. The molecule has 1 aromatic carbocycles. The molecular formula is C17H22N4. The number of hydrogen-bond donors (Lipinski definition) is 1. The second-order valence-corrected chi connectivity index (χ2v) is 6.15. The highest BCUT2D eigenvalue weighted by Crippen LogP contribution is 2.30. The van der Waals surface area contributed by atoms with Crippen molar-refractivity contribution in [3.63, 3.8) is 0 Å². The van der Waals surface area contributed by atoms with Gasteiger partial charge in [0, 0.05) is 18.8 Å². The molecule has 0 aliphatic rings. The molecule has 0 saturated carbocycles. The summed E-state index contributed by atoms with van der Waals surface area (Å²) in [5.41, 5.74) is 5.03. The highest BCUT2D eigenvalue weighted by Gasteiger charge is 2.20. The van der Waals surface area contributed by atoms with Crippen molar-refractivity contribution < 1.29 is 0 Å². The summed E-state index contributed by atoms with van der Waals surface area (Å²) in [4.78, 5) is 0. The summed E-state index contributed by atoms with van der Waals surface area (Å²) in [7, 11) is 1.89. The molecule has 2 rings (SSSR count). The molecule has 110 valence electrons. The first-order valence-corrected chi connectivity index (χ1v) is 7.10. The van der Waals surface area contributed by atoms with Gasteiger partial charge in [0.25, 0.3) is 0 Å². The molecule has 21 heavy (non-hydrogen) atoms. The van der Waals surface area contributed by atoms with Crippen LogP contribution < -0.4 is 5.32 Å². The number of nitriles is 1. The Morgan fingerprint density at radius 3 is 2.67 bits per heavy atom. The fraction of sp³-hybridized carbons (Fsp3) is 0.412. The van der Waals surface area contributed by atoms with Crippen LogP contribution in [0.15, 0.2) is 24.4 Å². The maximum atomic E-state index is 9.18. The molecule has 4 nitrogen and oxygen atoms in total. The van der Waals surface area contributed by atoms with E-state index in [4.69, 9.17) is 0 Å². The largest absolute Gasteiger partial charge is 0.385 e. The normalized spacial score (nSPS) is 11.2. The van der Waals surface area contributed by atoms with E-state index in [2.05, 4.69) is 48.5 Å². The van der Waals surface area contributed by atoms with Crippen molar-refractivity contribution >= 4 is 5.69 Å². The molecule has 2 aromatic rings. The Morgan fingerprint density at radius 1 is 1.33 bits per heavy atom. The summed E-state index contributed by atoms with van der Waals surface area (Å²) in [6.45, 7) is 8.59. The molecule has 1 aromatic heterocycles. The van der Waals surface area contributed by atoms with E-state index in [1.165, 1.54) is 11.1 Å². The minimum absolute atomic E-state index is 0.435. The van der Waals surface area contributed by atoms with Crippen LogP contribution in [0, 0.1) is 30.6 Å². The first-order valence-electron chi connectivity index (χ1n) is 7.10. The molecular weight excluding hydrogens is 260 g/mol. The topological polar surface area (TPSA) is 53.6 Å². The minimum Gasteiger partial charge on any atom is -0.385 e. The molecule has 0 radical (unpaired) electrons. The van der Waals surface area contributed by atoms with Crippen LogP contribution in [0.1, 0.15) is 25.0 Å². The summed E-state index contributed by atoms with van der Waals surface area (Å²) in [5, 5.41) is 17.1. The Kier molecular flexibility index (Phi) is 4.04. The summed E-state index contributed by atoms with van der Waals surface area (Å²) in [6.07, 6.45) is 1.97. The highest BCUT2D eigenvalue weighted by molar-refractivity contribution is 5.76. The number of benzene rings is 1. The van der Waals surface area contributed by atoms with Crippen LogP contribution in [0.5, 0.6) is 0 Å². The van der Waals surface area contributed by atoms with Gasteiger partial charge in [-0.05, 0) is 39.3 Å². The molecule has 0 aliphatic carbocycles. The highest BCUT2D eigenvalue weighted by atomic mass is 15.3. The van der Waals surface area contributed by atoms with Gasteiger partial charge in [-0.25, -0.2) is 0 Å². The standard InChI is InChI=1S/C17H22N4/c1-12-6-7-13(2)14(8-12)16-15(19-5)9-21(20-16)11-17(3,4)10-18/h6-9,19H,11H2,1-5H3. The van der Waals surface area contributed by atoms with Crippen LogP contribution in [-0.2, 0) is 6.54 Å². The van der Waals surface area contributed by atoms with Gasteiger partial charge < -0.3 is 5.32 Å². The van der Waals surface area contributed by atoms with Crippen molar-refractivity contribution in [2.75, 3.05) is 12.4 Å². The zero-order valence-electron chi connectivity index (χ0n) is 13.4. The number of anilines is 1. The van der Waals surface area contributed by atoms with Crippen LogP contribution in [-0.4, -0.2) is 16.8 Å². The van der Waals surface area contributed by atoms with E-state index in [0.29, 0.717) is 6.54 Å². The van der Waals surface area contributed by atoms with Gasteiger partial charge in [0.05, 0.1) is 23.7 Å². The van der Waals surface area contributed by atoms with Crippen molar-refractivity contribution in [2.24, 2.45) is 5.41 Å². The maximum Gasteiger partial charge on any atom is 0.116 e. The minimum atomic E-state index is -0.435. The van der Waals surface area contributed by atoms with Crippen molar-refractivity contribution in [3.05, 3.63) is 35.5 Å². The smallest absolute Gasteiger partial charge is 0.116 e. The number of aryl methyl sites for hydroxylation is 2. The molecule has 1 heterocycles. The molecule has 0 amide bonds. The fourth-order valence-electron chi connectivity index (χ4n) is 2.32. The lowest BCUT2D eigenvalue weighted by atomic mass is 9.96. The van der Waals surface area contributed by atoms with Gasteiger partial charge >= 0.3 is 0 Å². The molecule has 4 heteroatoms. The van der Waals surface area contributed by atoms with E-state index in [9.17, 15) is 5.26 Å². The SMILES string of the molecule is CNc1cn(CC(C)(C)C#N)nc1-c1cc(C)ccc1C. The molecule has 0 spiro atoms. The third-order valence-corrected chi connectivity index (χ3v) is 3.54. The van der Waals surface area contributed by atoms with Gasteiger partial charge in [-0.2, -0.15) is 10.4 Å². The molecule has 1 N–H and O–H groups in total. The van der Waals surface area contributed by atoms with Crippen LogP contribution in [0.2, 0.25) is 0 Å². The third kappa shape index (κ3) is 3.25. The number of hydrogen-bond acceptors (Lipinski definition) is 3. The fourth-order valence-corrected chi connectivity index (χ4v) is 2.32. The first-order chi connectivity index (χ1) is 9.86. The average molecular weight is 282 g/mol. The quantitative estimate of drug-likeness (QED) is 0.929. The van der Waals surface area contributed by atoms with E-state index < -0.39 is 5.41 Å². The first kappa shape index (κ1) is 15.1. The Morgan fingerprint density at radius 2 is 2.05 bits per heavy atom. The Hall–Kier alpha value is -2.28. The molecule has 0 saturated heterocycles. The van der Waals surface area contributed by atoms with E-state index in [1.54, 1.807) is 0 Å². The van der Waals surface area contributed by atoms with Crippen molar-refractivity contribution in [1.82, 2.24) is 9.78 Å². The van der Waals surface area contributed by atoms with Gasteiger partial charge in [0.1, 0.15) is 5.69 Å². The summed E-state index contributed by atoms with van der Waals surface area (Å²) in [6, 6.07) is 8.68. The van der Waals surface area contributed by atoms with Crippen molar-refractivity contribution in [2.45, 2.75) is 34.2 Å². The number of aromatic nitrogens is 2. The van der Waals surface area contributed by atoms with Crippen LogP contribution in [0.4, 0.5) is 5.69 Å². The van der Waals surface area contributed by atoms with E-state index >= 15 is 0 Å². The zero-order chi connectivity index (χ0) is 15.6. The lowest BCUT2D eigenvalue weighted by Gasteiger charge is -2.14. The zero-order valence-corrected chi connectivity index (χ0v) is 13.4. The van der Waals surface area contributed by atoms with Crippen LogP contribution in [0.3, 0.4) is 0 Å². The number of nitrogens with one attached hydrogen (secondary N) is 1. The van der Waals surface area contributed by atoms with Gasteiger partial charge in [0.15, 0.2) is 0 Å². The molecule has 0 aliphatic heterocycles. The Labute approximate surface area is 126 Å². The lowest BCUT2D eigenvalue weighted by Crippen LogP contribution is -2.17. The molecule has 0 fully saturated rings. The van der Waals surface area contributed by atoms with E-state index in [1.807, 2.05) is 31.8 Å². The lowest BCUT2D eigenvalue weighted by molar-refractivity contribution is 0.385. The van der Waals surface area contributed by atoms with Gasteiger partial charge in [-0.1, -0.05) is 17.7 Å². The van der Waals surface area contributed by atoms with Crippen molar-refractivity contribution in [3.8, 4) is 17.3 Å². The van der Waals surface area contributed by atoms with Gasteiger partial charge in [-0.15, -0.1) is 0 Å². The predicted octanol–water partition coefficient (Wildman–Crippen LogP) is 3.76. The van der Waals surface area contributed by atoms with Crippen LogP contribution >= 0.6 is 0 Å². The molecule has 0 atom stereocenters. The second kappa shape index (κ2) is 5.61. The van der Waals surface area contributed by atoms with Gasteiger partial charge in [0.2, 0.25) is 0 Å². The molecule has 0 bridgehead atoms. The maximum absolute atomic E-state index is 9.18. The van der Waals surface area contributed by atoms with E-state index in [0.717, 1.165) is 16.9 Å². The third-order valence-electron chi connectivity index (χ3n) is 3.54. The average Bonchev–Trinajstić information content (AvgIpc) is 2.83. The predicted molar refractivity (Wildman–Crippen MR) is 86.1 cm³/mol. The summed E-state index contributed by atoms with van der Waals surface area (Å²) in [5.74, 6) is 0. The summed E-state index contributed by atoms with van der Waals surface area (Å²) >= 11 is 0. The molecule has 0 unspecified atom stereocenters. The van der Waals surface area contributed by atoms with E-state index in [-0.39, 0.29) is 0 Å².